The Morgan fingerprint density at radius 1 is 1.47 bits per heavy atom. The lowest BCUT2D eigenvalue weighted by molar-refractivity contribution is 0.164. The van der Waals surface area contributed by atoms with Crippen LogP contribution < -0.4 is 0 Å². The van der Waals surface area contributed by atoms with Gasteiger partial charge in [0.25, 0.3) is 0 Å². The van der Waals surface area contributed by atoms with Crippen molar-refractivity contribution in [1.82, 2.24) is 10.1 Å². The summed E-state index contributed by atoms with van der Waals surface area (Å²) in [5, 5.41) is 3.88. The van der Waals surface area contributed by atoms with E-state index < -0.39 is 0 Å². The molecule has 0 saturated heterocycles. The Labute approximate surface area is 108 Å². The molecule has 0 aliphatic heterocycles. The van der Waals surface area contributed by atoms with Crippen molar-refractivity contribution in [1.29, 1.82) is 0 Å². The maximum atomic E-state index is 6.13. The lowest BCUT2D eigenvalue weighted by Gasteiger charge is -2.36. The van der Waals surface area contributed by atoms with E-state index in [4.69, 9.17) is 16.1 Å². The van der Waals surface area contributed by atoms with Crippen LogP contribution in [-0.2, 0) is 0 Å². The summed E-state index contributed by atoms with van der Waals surface area (Å²) >= 11 is 6.13. The SMILES string of the molecule is CCC(Cl)c1noc(C2CCCCC2(C)C)n1. The second-order valence-electron chi connectivity index (χ2n) is 5.65. The first-order valence-electron chi connectivity index (χ1n) is 6.52. The van der Waals surface area contributed by atoms with E-state index in [1.54, 1.807) is 0 Å². The smallest absolute Gasteiger partial charge is 0.230 e. The van der Waals surface area contributed by atoms with Gasteiger partial charge in [-0.05, 0) is 24.7 Å². The first-order chi connectivity index (χ1) is 8.04. The maximum Gasteiger partial charge on any atom is 0.230 e. The van der Waals surface area contributed by atoms with Crippen LogP contribution >= 0.6 is 11.6 Å². The third-order valence-corrected chi connectivity index (χ3v) is 4.41. The number of nitrogens with zero attached hydrogens (tertiary/aromatic N) is 2. The van der Waals surface area contributed by atoms with E-state index in [9.17, 15) is 0 Å². The van der Waals surface area contributed by atoms with Crippen LogP contribution in [0.4, 0.5) is 0 Å². The predicted molar refractivity (Wildman–Crippen MR) is 68.2 cm³/mol. The van der Waals surface area contributed by atoms with E-state index in [-0.39, 0.29) is 10.8 Å². The average Bonchev–Trinajstić information content (AvgIpc) is 2.76. The summed E-state index contributed by atoms with van der Waals surface area (Å²) in [6.07, 6.45) is 5.76. The van der Waals surface area contributed by atoms with Crippen LogP contribution in [0.15, 0.2) is 4.52 Å². The molecule has 96 valence electrons. The molecule has 1 aromatic rings. The van der Waals surface area contributed by atoms with Crippen molar-refractivity contribution in [2.75, 3.05) is 0 Å². The van der Waals surface area contributed by atoms with E-state index in [0.717, 1.165) is 18.7 Å². The van der Waals surface area contributed by atoms with Crippen molar-refractivity contribution in [2.24, 2.45) is 5.41 Å². The number of hydrogen-bond donors (Lipinski definition) is 0. The Kier molecular flexibility index (Phi) is 3.76. The third-order valence-electron chi connectivity index (χ3n) is 3.90. The molecule has 3 nitrogen and oxygen atoms in total. The molecule has 17 heavy (non-hydrogen) atoms. The van der Waals surface area contributed by atoms with Gasteiger partial charge in [-0.2, -0.15) is 4.98 Å². The van der Waals surface area contributed by atoms with Gasteiger partial charge >= 0.3 is 0 Å². The Hall–Kier alpha value is -0.570. The minimum atomic E-state index is -0.126. The Bertz CT molecular complexity index is 375. The summed E-state index contributed by atoms with van der Waals surface area (Å²) < 4.78 is 5.42. The monoisotopic (exact) mass is 256 g/mol. The molecular formula is C13H21ClN2O. The van der Waals surface area contributed by atoms with Crippen LogP contribution in [0.3, 0.4) is 0 Å². The topological polar surface area (TPSA) is 38.9 Å². The quantitative estimate of drug-likeness (QED) is 0.751. The molecule has 1 aromatic heterocycles. The fraction of sp³-hybridized carbons (Fsp3) is 0.846. The van der Waals surface area contributed by atoms with Crippen molar-refractivity contribution >= 4 is 11.6 Å². The molecule has 1 heterocycles. The van der Waals surface area contributed by atoms with Gasteiger partial charge in [-0.3, -0.25) is 0 Å². The molecule has 2 rings (SSSR count). The summed E-state index contributed by atoms with van der Waals surface area (Å²) in [5.41, 5.74) is 0.260. The second kappa shape index (κ2) is 4.97. The molecule has 0 N–H and O–H groups in total. The van der Waals surface area contributed by atoms with Crippen molar-refractivity contribution < 1.29 is 4.52 Å². The summed E-state index contributed by atoms with van der Waals surface area (Å²) in [5.74, 6) is 1.81. The number of hydrogen-bond acceptors (Lipinski definition) is 3. The summed E-state index contributed by atoms with van der Waals surface area (Å²) in [4.78, 5) is 4.49. The fourth-order valence-electron chi connectivity index (χ4n) is 2.65. The van der Waals surface area contributed by atoms with Gasteiger partial charge in [-0.25, -0.2) is 0 Å². The zero-order valence-corrected chi connectivity index (χ0v) is 11.6. The van der Waals surface area contributed by atoms with Crippen molar-refractivity contribution in [3.05, 3.63) is 11.7 Å². The van der Waals surface area contributed by atoms with E-state index in [1.807, 2.05) is 6.92 Å². The van der Waals surface area contributed by atoms with Gasteiger partial charge in [0, 0.05) is 5.92 Å². The highest BCUT2D eigenvalue weighted by Gasteiger charge is 2.37. The second-order valence-corrected chi connectivity index (χ2v) is 6.18. The molecule has 0 aromatic carbocycles. The lowest BCUT2D eigenvalue weighted by atomic mass is 9.69. The van der Waals surface area contributed by atoms with Gasteiger partial charge in [0.2, 0.25) is 5.89 Å². The van der Waals surface area contributed by atoms with Crippen molar-refractivity contribution in [2.45, 2.75) is 64.2 Å². The number of rotatable bonds is 3. The van der Waals surface area contributed by atoms with E-state index >= 15 is 0 Å². The number of alkyl halides is 1. The van der Waals surface area contributed by atoms with Crippen molar-refractivity contribution in [3.8, 4) is 0 Å². The van der Waals surface area contributed by atoms with Gasteiger partial charge in [0.1, 0.15) is 0 Å². The molecule has 1 saturated carbocycles. The largest absolute Gasteiger partial charge is 0.339 e. The van der Waals surface area contributed by atoms with Crippen LogP contribution in [-0.4, -0.2) is 10.1 Å². The molecule has 2 unspecified atom stereocenters. The van der Waals surface area contributed by atoms with Gasteiger partial charge < -0.3 is 4.52 Å². The van der Waals surface area contributed by atoms with E-state index in [1.165, 1.54) is 19.3 Å². The summed E-state index contributed by atoms with van der Waals surface area (Å²) in [6.45, 7) is 6.61. The minimum Gasteiger partial charge on any atom is -0.339 e. The zero-order valence-electron chi connectivity index (χ0n) is 10.9. The van der Waals surface area contributed by atoms with Crippen LogP contribution in [0, 0.1) is 5.41 Å². The molecule has 0 radical (unpaired) electrons. The normalized spacial score (nSPS) is 25.8. The van der Waals surface area contributed by atoms with Gasteiger partial charge in [0.05, 0.1) is 5.38 Å². The molecule has 2 atom stereocenters. The molecule has 0 amide bonds. The van der Waals surface area contributed by atoms with Crippen LogP contribution in [0.25, 0.3) is 0 Å². The van der Waals surface area contributed by atoms with Crippen molar-refractivity contribution in [3.63, 3.8) is 0 Å². The molecule has 1 fully saturated rings. The summed E-state index contributed by atoms with van der Waals surface area (Å²) in [7, 11) is 0. The zero-order chi connectivity index (χ0) is 12.5. The number of aromatic nitrogens is 2. The van der Waals surface area contributed by atoms with Gasteiger partial charge in [-0.15, -0.1) is 11.6 Å². The van der Waals surface area contributed by atoms with Crippen LogP contribution in [0.2, 0.25) is 0 Å². The Morgan fingerprint density at radius 3 is 2.88 bits per heavy atom. The molecular weight excluding hydrogens is 236 g/mol. The van der Waals surface area contributed by atoms with E-state index in [2.05, 4.69) is 24.0 Å². The maximum absolute atomic E-state index is 6.13. The average molecular weight is 257 g/mol. The lowest BCUT2D eigenvalue weighted by Crippen LogP contribution is -2.26. The number of halogens is 1. The van der Waals surface area contributed by atoms with Crippen LogP contribution in [0.5, 0.6) is 0 Å². The predicted octanol–water partition coefficient (Wildman–Crippen LogP) is 4.44. The molecule has 1 aliphatic rings. The fourth-order valence-corrected chi connectivity index (χ4v) is 2.74. The highest BCUT2D eigenvalue weighted by molar-refractivity contribution is 6.20. The van der Waals surface area contributed by atoms with Crippen LogP contribution in [0.1, 0.15) is 75.9 Å². The first-order valence-corrected chi connectivity index (χ1v) is 6.96. The molecule has 0 spiro atoms. The standard InChI is InChI=1S/C13H21ClN2O/c1-4-10(14)11-15-12(17-16-11)9-7-5-6-8-13(9,2)3/h9-10H,4-8H2,1-3H3. The minimum absolute atomic E-state index is 0.126. The summed E-state index contributed by atoms with van der Waals surface area (Å²) in [6, 6.07) is 0. The van der Waals surface area contributed by atoms with Gasteiger partial charge in [0.15, 0.2) is 5.82 Å². The highest BCUT2D eigenvalue weighted by Crippen LogP contribution is 2.46. The van der Waals surface area contributed by atoms with E-state index in [0.29, 0.717) is 11.7 Å². The molecule has 0 bridgehead atoms. The molecule has 4 heteroatoms. The van der Waals surface area contributed by atoms with Gasteiger partial charge in [-0.1, -0.05) is 38.8 Å². The molecule has 1 aliphatic carbocycles. The first kappa shape index (κ1) is 12.9. The highest BCUT2D eigenvalue weighted by atomic mass is 35.5. The Balaban J connectivity index is 2.18. The third kappa shape index (κ3) is 2.65. The Morgan fingerprint density at radius 2 is 2.24 bits per heavy atom.